The molecule has 0 aliphatic rings. The largest absolute Gasteiger partial charge is 0.359 e. The van der Waals surface area contributed by atoms with Crippen LogP contribution in [0.4, 0.5) is 0 Å². The van der Waals surface area contributed by atoms with E-state index in [-0.39, 0.29) is 11.1 Å². The van der Waals surface area contributed by atoms with Crippen LogP contribution in [0.25, 0.3) is 38.6 Å². The molecule has 0 saturated carbocycles. The van der Waals surface area contributed by atoms with Gasteiger partial charge in [0.2, 0.25) is 0 Å². The van der Waals surface area contributed by atoms with Crippen LogP contribution in [0.15, 0.2) is 105 Å². The molecule has 0 saturated heterocycles. The van der Waals surface area contributed by atoms with Gasteiger partial charge in [-0.15, -0.1) is 0 Å². The number of benzene rings is 3. The number of H-pyrrole nitrogens is 1. The van der Waals surface area contributed by atoms with E-state index in [0.717, 1.165) is 26.5 Å². The van der Waals surface area contributed by atoms with Crippen molar-refractivity contribution in [2.24, 2.45) is 0 Å². The third-order valence-electron chi connectivity index (χ3n) is 6.34. The molecule has 0 radical (unpaired) electrons. The first-order valence-corrected chi connectivity index (χ1v) is 11.9. The fourth-order valence-electron chi connectivity index (χ4n) is 4.78. The molecule has 3 heterocycles. The summed E-state index contributed by atoms with van der Waals surface area (Å²) in [6.07, 6.45) is 2.49. The quantitative estimate of drug-likeness (QED) is 0.306. The maximum Gasteiger partial charge on any atom is 0.277 e. The maximum absolute atomic E-state index is 14.0. The molecule has 6 aromatic rings. The van der Waals surface area contributed by atoms with Gasteiger partial charge in [0.25, 0.3) is 11.1 Å². The van der Waals surface area contributed by atoms with Crippen LogP contribution in [0.2, 0.25) is 0 Å². The molecule has 3 aromatic heterocycles. The Labute approximate surface area is 203 Å². The van der Waals surface area contributed by atoms with E-state index in [1.807, 2.05) is 72.8 Å². The number of halogens is 1. The number of hydrogen-bond acceptors (Lipinski definition) is 2. The third kappa shape index (κ3) is 3.22. The van der Waals surface area contributed by atoms with E-state index < -0.39 is 0 Å². The Balaban J connectivity index is 1.73. The summed E-state index contributed by atoms with van der Waals surface area (Å²) in [4.78, 5) is 31.2. The van der Waals surface area contributed by atoms with E-state index in [4.69, 9.17) is 0 Å². The number of aromatic nitrogens is 3. The fraction of sp³-hybridized carbons (Fsp3) is 0.0714. The van der Waals surface area contributed by atoms with E-state index in [2.05, 4.69) is 33.0 Å². The molecular formula is C28H20BrN3O2. The van der Waals surface area contributed by atoms with E-state index in [0.29, 0.717) is 35.1 Å². The predicted octanol–water partition coefficient (Wildman–Crippen LogP) is 5.77. The van der Waals surface area contributed by atoms with Crippen LogP contribution in [0.5, 0.6) is 0 Å². The van der Waals surface area contributed by atoms with Gasteiger partial charge in [0.05, 0.1) is 22.1 Å². The van der Waals surface area contributed by atoms with Gasteiger partial charge in [-0.3, -0.25) is 14.0 Å². The van der Waals surface area contributed by atoms with Crippen molar-refractivity contribution in [1.82, 2.24) is 14.0 Å². The van der Waals surface area contributed by atoms with Gasteiger partial charge in [-0.25, -0.2) is 0 Å². The highest BCUT2D eigenvalue weighted by Gasteiger charge is 2.21. The molecule has 0 fully saturated rings. The molecule has 34 heavy (non-hydrogen) atoms. The summed E-state index contributed by atoms with van der Waals surface area (Å²) in [6, 6.07) is 27.3. The lowest BCUT2D eigenvalue weighted by Gasteiger charge is -2.16. The van der Waals surface area contributed by atoms with Crippen molar-refractivity contribution in [3.63, 3.8) is 0 Å². The summed E-state index contributed by atoms with van der Waals surface area (Å²) in [5.74, 6) is 0. The number of aromatic amines is 1. The molecule has 0 amide bonds. The minimum Gasteiger partial charge on any atom is -0.359 e. The van der Waals surface area contributed by atoms with Crippen LogP contribution < -0.4 is 11.1 Å². The molecule has 0 atom stereocenters. The summed E-state index contributed by atoms with van der Waals surface area (Å²) in [6.45, 7) is 0.503. The molecular weight excluding hydrogens is 490 g/mol. The monoisotopic (exact) mass is 509 g/mol. The SMILES string of the molecule is O=c1c2c3[nH]ccc3c(-c3ccccc3)c(=O)n2c2ccc(Br)cc2n1CCc1ccccc1. The number of rotatable bonds is 4. The van der Waals surface area contributed by atoms with Crippen molar-refractivity contribution in [3.8, 4) is 11.1 Å². The summed E-state index contributed by atoms with van der Waals surface area (Å²) >= 11 is 3.55. The Hall–Kier alpha value is -3.90. The minimum atomic E-state index is -0.201. The molecule has 0 aliphatic heterocycles. The topological polar surface area (TPSA) is 59.3 Å². The molecule has 0 aliphatic carbocycles. The fourth-order valence-corrected chi connectivity index (χ4v) is 5.13. The maximum atomic E-state index is 14.0. The Morgan fingerprint density at radius 1 is 0.794 bits per heavy atom. The average molecular weight is 510 g/mol. The zero-order valence-corrected chi connectivity index (χ0v) is 19.7. The molecule has 3 aromatic carbocycles. The van der Waals surface area contributed by atoms with Crippen LogP contribution in [0.1, 0.15) is 5.56 Å². The number of hydrogen-bond donors (Lipinski definition) is 1. The minimum absolute atomic E-state index is 0.189. The van der Waals surface area contributed by atoms with Crippen LogP contribution in [0, 0.1) is 0 Å². The first kappa shape index (κ1) is 20.7. The highest BCUT2D eigenvalue weighted by Crippen LogP contribution is 2.29. The summed E-state index contributed by atoms with van der Waals surface area (Å²) < 4.78 is 4.21. The van der Waals surface area contributed by atoms with Crippen LogP contribution in [-0.4, -0.2) is 14.0 Å². The number of aryl methyl sites for hydroxylation is 2. The van der Waals surface area contributed by atoms with Crippen molar-refractivity contribution in [3.05, 3.63) is 122 Å². The molecule has 6 rings (SSSR count). The molecule has 5 nitrogen and oxygen atoms in total. The van der Waals surface area contributed by atoms with Crippen LogP contribution in [-0.2, 0) is 13.0 Å². The van der Waals surface area contributed by atoms with Gasteiger partial charge in [-0.2, -0.15) is 0 Å². The van der Waals surface area contributed by atoms with Crippen molar-refractivity contribution in [2.45, 2.75) is 13.0 Å². The summed E-state index contributed by atoms with van der Waals surface area (Å²) in [7, 11) is 0. The summed E-state index contributed by atoms with van der Waals surface area (Å²) in [5.41, 5.74) is 4.62. The van der Waals surface area contributed by atoms with Gasteiger partial charge < -0.3 is 9.55 Å². The lowest BCUT2D eigenvalue weighted by atomic mass is 10.0. The van der Waals surface area contributed by atoms with Crippen molar-refractivity contribution in [2.75, 3.05) is 0 Å². The lowest BCUT2D eigenvalue weighted by Crippen LogP contribution is -2.29. The van der Waals surface area contributed by atoms with E-state index in [9.17, 15) is 9.59 Å². The molecule has 0 bridgehead atoms. The highest BCUT2D eigenvalue weighted by molar-refractivity contribution is 9.10. The van der Waals surface area contributed by atoms with Crippen LogP contribution >= 0.6 is 15.9 Å². The van der Waals surface area contributed by atoms with Crippen LogP contribution in [0.3, 0.4) is 0 Å². The number of nitrogens with one attached hydrogen (secondary N) is 1. The van der Waals surface area contributed by atoms with Gasteiger partial charge >= 0.3 is 0 Å². The average Bonchev–Trinajstić information content (AvgIpc) is 3.34. The normalized spacial score (nSPS) is 11.6. The van der Waals surface area contributed by atoms with Gasteiger partial charge in [0.1, 0.15) is 5.52 Å². The Kier molecular flexibility index (Phi) is 4.96. The second-order valence-electron chi connectivity index (χ2n) is 8.32. The van der Waals surface area contributed by atoms with Crippen molar-refractivity contribution >= 4 is 43.4 Å². The zero-order valence-electron chi connectivity index (χ0n) is 18.2. The highest BCUT2D eigenvalue weighted by atomic mass is 79.9. The number of fused-ring (bicyclic) bond motifs is 5. The third-order valence-corrected chi connectivity index (χ3v) is 6.83. The van der Waals surface area contributed by atoms with E-state index in [1.54, 1.807) is 15.2 Å². The van der Waals surface area contributed by atoms with E-state index in [1.165, 1.54) is 0 Å². The Bertz CT molecular complexity index is 1800. The first-order valence-electron chi connectivity index (χ1n) is 11.1. The number of nitrogens with zero attached hydrogens (tertiary/aromatic N) is 2. The van der Waals surface area contributed by atoms with Crippen molar-refractivity contribution < 1.29 is 0 Å². The van der Waals surface area contributed by atoms with Gasteiger partial charge in [-0.05, 0) is 41.8 Å². The first-order chi connectivity index (χ1) is 16.6. The molecule has 6 heteroatoms. The molecule has 0 spiro atoms. The molecule has 0 unspecified atom stereocenters. The number of pyridine rings is 1. The van der Waals surface area contributed by atoms with E-state index >= 15 is 0 Å². The van der Waals surface area contributed by atoms with Gasteiger partial charge in [0.15, 0.2) is 0 Å². The molecule has 1 N–H and O–H groups in total. The van der Waals surface area contributed by atoms with Gasteiger partial charge in [0, 0.05) is 22.6 Å². The Morgan fingerprint density at radius 2 is 1.53 bits per heavy atom. The van der Waals surface area contributed by atoms with Crippen molar-refractivity contribution in [1.29, 1.82) is 0 Å². The zero-order chi connectivity index (χ0) is 23.2. The van der Waals surface area contributed by atoms with Gasteiger partial charge in [-0.1, -0.05) is 76.6 Å². The standard InChI is InChI=1S/C28H20BrN3O2/c29-20-11-12-22-23(17-20)31(16-14-18-7-3-1-4-8-18)28(34)26-25-21(13-15-30-25)24(27(33)32(22)26)19-9-5-2-6-10-19/h1-13,15,17,30H,14,16H2. The Morgan fingerprint density at radius 3 is 2.29 bits per heavy atom. The predicted molar refractivity (Wildman–Crippen MR) is 141 cm³/mol. The molecule has 166 valence electrons. The second kappa shape index (κ2) is 8.15. The summed E-state index contributed by atoms with van der Waals surface area (Å²) in [5, 5.41) is 0.749. The lowest BCUT2D eigenvalue weighted by molar-refractivity contribution is 0.694. The smallest absolute Gasteiger partial charge is 0.277 e. The second-order valence-corrected chi connectivity index (χ2v) is 9.24.